The van der Waals surface area contributed by atoms with Crippen LogP contribution < -0.4 is 52.0 Å². The third-order valence-electron chi connectivity index (χ3n) is 13.5. The van der Waals surface area contributed by atoms with E-state index >= 15 is 0 Å². The Kier molecular flexibility index (Phi) is 20.9. The van der Waals surface area contributed by atoms with E-state index in [9.17, 15) is 32.3 Å². The predicted molar refractivity (Wildman–Crippen MR) is 328 cm³/mol. The van der Waals surface area contributed by atoms with E-state index in [4.69, 9.17) is 21.1 Å². The van der Waals surface area contributed by atoms with E-state index in [1.54, 1.807) is 30.3 Å². The molecule has 2 fully saturated rings. The lowest BCUT2D eigenvalue weighted by atomic mass is 10.1. The molecule has 8 aromatic rings. The quantitative estimate of drug-likeness (QED) is 0.0354. The molecule has 0 unspecified atom stereocenters. The Bertz CT molecular complexity index is 3560. The molecule has 10 rings (SSSR count). The van der Waals surface area contributed by atoms with Gasteiger partial charge < -0.3 is 52.0 Å². The monoisotopic (exact) mass is 1190 g/mol. The van der Waals surface area contributed by atoms with Crippen molar-refractivity contribution in [3.8, 4) is 11.5 Å². The summed E-state index contributed by atoms with van der Waals surface area (Å²) in [5, 5.41) is 22.1. The lowest BCUT2D eigenvalue weighted by molar-refractivity contribution is -0.137. The van der Waals surface area contributed by atoms with Gasteiger partial charge in [0.15, 0.2) is 0 Å². The number of anilines is 10. The van der Waals surface area contributed by atoms with Gasteiger partial charge in [0, 0.05) is 52.8 Å². The van der Waals surface area contributed by atoms with E-state index in [0.29, 0.717) is 53.4 Å². The number of nitrogens with one attached hydrogen (secondary N) is 8. The topological polar surface area (TPSA) is 241 Å². The standard InChI is InChI=1S/C31H29ClF3N7O3.C31H33N7O3/c32-27-11-8-23(41-30(44)40-22-5-3-4-20(16-22)31(33,34)35)17-26(27)28(43)38-24-18-36-29(37-19-24)39-21-6-9-25(10-7-21)45-15-14-42-12-1-2-13-42;1-22-9-10-25(37-31(40)36-23-7-3-2-4-8-23)19-28(22)29(39)34-26-20-32-30(33-21-26)35-24-11-13-27(14-12-24)41-18-17-38-15-5-6-16-38/h3-11,16-19H,1-2,12-15H2,(H,38,43)(H,36,37,39)(H2,40,41,44);2-4,7-14,19-21H,5-6,15-18H2,1H3,(H,34,39)(H,32,33,35)(H2,36,37,40). The number of likely N-dealkylation sites (tertiary alicyclic amines) is 2. The maximum atomic E-state index is 13.0. The van der Waals surface area contributed by atoms with Crippen LogP contribution >= 0.6 is 11.6 Å². The van der Waals surface area contributed by atoms with E-state index in [2.05, 4.69) is 72.3 Å². The first-order chi connectivity index (χ1) is 41.6. The summed E-state index contributed by atoms with van der Waals surface area (Å²) < 4.78 is 50.6. The number of rotatable bonds is 20. The second-order valence-corrected chi connectivity index (χ2v) is 20.3. The minimum absolute atomic E-state index is 0.0403. The molecule has 4 heterocycles. The maximum Gasteiger partial charge on any atom is 0.416 e. The molecule has 2 aliphatic rings. The van der Waals surface area contributed by atoms with Crippen LogP contribution in [0.2, 0.25) is 5.02 Å². The van der Waals surface area contributed by atoms with Crippen molar-refractivity contribution in [2.75, 3.05) is 95.0 Å². The Balaban J connectivity index is 0.000000206. The van der Waals surface area contributed by atoms with Crippen molar-refractivity contribution in [3.63, 3.8) is 0 Å². The maximum absolute atomic E-state index is 13.0. The van der Waals surface area contributed by atoms with Crippen LogP contribution in [0, 0.1) is 6.92 Å². The number of urea groups is 2. The number of alkyl halides is 3. The van der Waals surface area contributed by atoms with E-state index < -0.39 is 29.7 Å². The molecule has 8 N–H and O–H groups in total. The smallest absolute Gasteiger partial charge is 0.416 e. The lowest BCUT2D eigenvalue weighted by Gasteiger charge is -2.15. The van der Waals surface area contributed by atoms with Gasteiger partial charge in [-0.25, -0.2) is 29.5 Å². The summed E-state index contributed by atoms with van der Waals surface area (Å²) in [6.45, 7) is 9.58. The molecule has 6 aromatic carbocycles. The third-order valence-corrected chi connectivity index (χ3v) is 13.8. The molecule has 2 aromatic heterocycles. The lowest BCUT2D eigenvalue weighted by Crippen LogP contribution is -2.25. The minimum atomic E-state index is -4.55. The van der Waals surface area contributed by atoms with Crippen molar-refractivity contribution in [2.45, 2.75) is 38.8 Å². The summed E-state index contributed by atoms with van der Waals surface area (Å²) in [4.78, 5) is 72.6. The highest BCUT2D eigenvalue weighted by atomic mass is 35.5. The fourth-order valence-corrected chi connectivity index (χ4v) is 9.24. The van der Waals surface area contributed by atoms with Gasteiger partial charge in [-0.2, -0.15) is 13.2 Å². The average Bonchev–Trinajstić information content (AvgIpc) is 4.09. The van der Waals surface area contributed by atoms with Gasteiger partial charge in [0.25, 0.3) is 11.8 Å². The number of nitrogens with zero attached hydrogens (tertiary/aromatic N) is 6. The van der Waals surface area contributed by atoms with Crippen LogP contribution in [-0.2, 0) is 6.18 Å². The number of benzene rings is 6. The van der Waals surface area contributed by atoms with E-state index in [0.717, 1.165) is 79.8 Å². The summed E-state index contributed by atoms with van der Waals surface area (Å²) in [7, 11) is 0. The molecule has 86 heavy (non-hydrogen) atoms. The number of aromatic nitrogens is 4. The number of aryl methyl sites for hydroxylation is 1. The zero-order valence-electron chi connectivity index (χ0n) is 46.7. The largest absolute Gasteiger partial charge is 0.492 e. The van der Waals surface area contributed by atoms with Crippen molar-refractivity contribution in [3.05, 3.63) is 192 Å². The summed E-state index contributed by atoms with van der Waals surface area (Å²) in [5.74, 6) is 1.38. The van der Waals surface area contributed by atoms with Crippen LogP contribution in [0.25, 0.3) is 0 Å². The molecular formula is C62H62ClF3N14O6. The Morgan fingerprint density at radius 1 is 0.477 bits per heavy atom. The molecule has 0 atom stereocenters. The number of carbonyl (C=O) groups excluding carboxylic acids is 4. The average molecular weight is 1190 g/mol. The zero-order chi connectivity index (χ0) is 60.3. The van der Waals surface area contributed by atoms with Crippen LogP contribution in [0.5, 0.6) is 11.5 Å². The van der Waals surface area contributed by atoms with Crippen LogP contribution in [0.4, 0.5) is 80.2 Å². The highest BCUT2D eigenvalue weighted by Crippen LogP contribution is 2.31. The molecule has 0 spiro atoms. The molecule has 0 radical (unpaired) electrons. The first kappa shape index (κ1) is 60.7. The van der Waals surface area contributed by atoms with Crippen molar-refractivity contribution < 1.29 is 41.8 Å². The van der Waals surface area contributed by atoms with Gasteiger partial charge in [0.05, 0.1) is 52.3 Å². The van der Waals surface area contributed by atoms with E-state index in [1.807, 2.05) is 73.7 Å². The fourth-order valence-electron chi connectivity index (χ4n) is 9.04. The first-order valence-electron chi connectivity index (χ1n) is 27.6. The second kappa shape index (κ2) is 29.6. The number of halogens is 4. The summed E-state index contributed by atoms with van der Waals surface area (Å²) in [6.07, 6.45) is 6.40. The van der Waals surface area contributed by atoms with Gasteiger partial charge in [-0.3, -0.25) is 19.4 Å². The molecule has 24 heteroatoms. The zero-order valence-corrected chi connectivity index (χ0v) is 47.5. The highest BCUT2D eigenvalue weighted by Gasteiger charge is 2.30. The van der Waals surface area contributed by atoms with Crippen LogP contribution in [0.3, 0.4) is 0 Å². The summed E-state index contributed by atoms with van der Waals surface area (Å²) in [6, 6.07) is 36.5. The number of para-hydroxylation sites is 1. The van der Waals surface area contributed by atoms with Crippen LogP contribution in [0.15, 0.2) is 164 Å². The van der Waals surface area contributed by atoms with E-state index in [1.165, 1.54) is 80.8 Å². The molecule has 2 saturated heterocycles. The summed E-state index contributed by atoms with van der Waals surface area (Å²) >= 11 is 6.22. The summed E-state index contributed by atoms with van der Waals surface area (Å²) in [5.41, 5.74) is 3.94. The highest BCUT2D eigenvalue weighted by molar-refractivity contribution is 6.34. The molecular weight excluding hydrogens is 1130 g/mol. The Morgan fingerprint density at radius 2 is 0.895 bits per heavy atom. The number of carbonyl (C=O) groups is 4. The van der Waals surface area contributed by atoms with Crippen molar-refractivity contribution in [1.82, 2.24) is 29.7 Å². The van der Waals surface area contributed by atoms with Gasteiger partial charge >= 0.3 is 18.2 Å². The molecule has 6 amide bonds. The Labute approximate surface area is 499 Å². The van der Waals surface area contributed by atoms with Crippen molar-refractivity contribution in [2.24, 2.45) is 0 Å². The van der Waals surface area contributed by atoms with E-state index in [-0.39, 0.29) is 27.9 Å². The van der Waals surface area contributed by atoms with Crippen LogP contribution in [0.1, 0.15) is 57.5 Å². The van der Waals surface area contributed by atoms with Crippen LogP contribution in [-0.4, -0.2) is 106 Å². The van der Waals surface area contributed by atoms with Gasteiger partial charge in [-0.15, -0.1) is 0 Å². The predicted octanol–water partition coefficient (Wildman–Crippen LogP) is 13.2. The fraction of sp³-hybridized carbons (Fsp3) is 0.226. The molecule has 0 aliphatic carbocycles. The number of hydrogen-bond acceptors (Lipinski definition) is 14. The normalized spacial score (nSPS) is 13.1. The Hall–Kier alpha value is -9.84. The number of hydrogen-bond donors (Lipinski definition) is 8. The first-order valence-corrected chi connectivity index (χ1v) is 28.0. The number of amides is 6. The van der Waals surface area contributed by atoms with Gasteiger partial charge in [0.1, 0.15) is 24.7 Å². The van der Waals surface area contributed by atoms with Gasteiger partial charge in [0.2, 0.25) is 11.9 Å². The second-order valence-electron chi connectivity index (χ2n) is 19.9. The molecule has 0 bridgehead atoms. The molecule has 444 valence electrons. The van der Waals surface area contributed by atoms with Crippen molar-refractivity contribution in [1.29, 1.82) is 0 Å². The van der Waals surface area contributed by atoms with Gasteiger partial charge in [-0.1, -0.05) is 41.9 Å². The minimum Gasteiger partial charge on any atom is -0.492 e. The molecule has 0 saturated carbocycles. The van der Waals surface area contributed by atoms with Crippen molar-refractivity contribution >= 4 is 92.9 Å². The number of ether oxygens (including phenoxy) is 2. The van der Waals surface area contributed by atoms with Gasteiger partial charge in [-0.05, 0) is 174 Å². The third kappa shape index (κ3) is 18.6. The molecule has 2 aliphatic heterocycles. The Morgan fingerprint density at radius 3 is 1.38 bits per heavy atom. The SMILES string of the molecule is Cc1ccc(NC(=O)Nc2ccccc2)cc1C(=O)Nc1cnc(Nc2ccc(OCCN3CCCC3)cc2)nc1.O=C(Nc1cccc(C(F)(F)F)c1)Nc1ccc(Cl)c(C(=O)Nc2cnc(Nc3ccc(OCCN4CCCC4)cc3)nc2)c1. The molecule has 20 nitrogen and oxygen atoms in total.